The molecule has 2 atom stereocenters. The Hall–Kier alpha value is -3.33. The number of carbonyl (C=O) groups excluding carboxylic acids is 2. The first-order chi connectivity index (χ1) is 19.5. The number of hydrogen-bond donors (Lipinski definition) is 3. The number of amides is 2. The highest BCUT2D eigenvalue weighted by Gasteiger charge is 2.43. The fourth-order valence-corrected chi connectivity index (χ4v) is 4.58. The van der Waals surface area contributed by atoms with Gasteiger partial charge in [-0.05, 0) is 83.7 Å². The van der Waals surface area contributed by atoms with Gasteiger partial charge in [0.25, 0.3) is 5.91 Å². The van der Waals surface area contributed by atoms with Gasteiger partial charge in [0.2, 0.25) is 5.91 Å². The zero-order chi connectivity index (χ0) is 30.9. The van der Waals surface area contributed by atoms with Crippen molar-refractivity contribution in [2.24, 2.45) is 5.41 Å². The van der Waals surface area contributed by atoms with E-state index in [9.17, 15) is 22.8 Å². The van der Waals surface area contributed by atoms with Crippen LogP contribution in [0.4, 0.5) is 13.2 Å². The van der Waals surface area contributed by atoms with E-state index in [0.717, 1.165) is 18.4 Å². The summed E-state index contributed by atoms with van der Waals surface area (Å²) in [7, 11) is 0. The monoisotopic (exact) mass is 577 g/mol. The number of aryl methyl sites for hydroxylation is 1. The number of carbonyl (C=O) groups is 2. The van der Waals surface area contributed by atoms with E-state index in [1.807, 2.05) is 26.8 Å². The fraction of sp³-hybridized carbons (Fsp3) is 0.500. The molecule has 0 aliphatic rings. The van der Waals surface area contributed by atoms with Gasteiger partial charge < -0.3 is 20.4 Å². The summed E-state index contributed by atoms with van der Waals surface area (Å²) in [5.74, 6) is -0.638. The van der Waals surface area contributed by atoms with E-state index in [2.05, 4.69) is 22.5 Å². The molecule has 0 fully saturated rings. The van der Waals surface area contributed by atoms with E-state index in [0.29, 0.717) is 42.8 Å². The van der Waals surface area contributed by atoms with Gasteiger partial charge in [-0.2, -0.15) is 13.2 Å². The van der Waals surface area contributed by atoms with Gasteiger partial charge in [0.1, 0.15) is 6.54 Å². The largest absolute Gasteiger partial charge is 0.459 e. The highest BCUT2D eigenvalue weighted by Crippen LogP contribution is 2.42. The highest BCUT2D eigenvalue weighted by atomic mass is 19.4. The zero-order valence-electron chi connectivity index (χ0n) is 25.0. The van der Waals surface area contributed by atoms with Crippen molar-refractivity contribution in [3.05, 3.63) is 83.9 Å². The molecule has 0 aliphatic carbocycles. The molecule has 2 amide bonds. The molecule has 0 saturated carbocycles. The summed E-state index contributed by atoms with van der Waals surface area (Å²) in [6.45, 7) is 13.3. The number of furan rings is 1. The number of hydrogen-bond acceptors (Lipinski definition) is 4. The van der Waals surface area contributed by atoms with Gasteiger partial charge >= 0.3 is 6.18 Å². The number of nitrogens with one attached hydrogen (secondary N) is 3. The third kappa shape index (κ3) is 11.6. The summed E-state index contributed by atoms with van der Waals surface area (Å²) in [5, 5.41) is 8.48. The predicted molar refractivity (Wildman–Crippen MR) is 159 cm³/mol. The van der Waals surface area contributed by atoms with Crippen molar-refractivity contribution in [1.82, 2.24) is 16.0 Å². The number of alkyl halides is 3. The van der Waals surface area contributed by atoms with Crippen LogP contribution >= 0.6 is 0 Å². The van der Waals surface area contributed by atoms with Gasteiger partial charge in [-0.25, -0.2) is 0 Å². The molecule has 1 aromatic heterocycles. The van der Waals surface area contributed by atoms with Gasteiger partial charge in [0, 0.05) is 11.6 Å². The lowest BCUT2D eigenvalue weighted by atomic mass is 9.69. The maximum absolute atomic E-state index is 13.5. The Morgan fingerprint density at radius 2 is 1.80 bits per heavy atom. The molecule has 0 radical (unpaired) electrons. The van der Waals surface area contributed by atoms with Gasteiger partial charge in [0.05, 0.1) is 11.7 Å². The second kappa shape index (κ2) is 18.2. The minimum absolute atomic E-state index is 0.0187. The van der Waals surface area contributed by atoms with Crippen molar-refractivity contribution >= 4 is 11.8 Å². The highest BCUT2D eigenvalue weighted by molar-refractivity contribution is 5.93. The topological polar surface area (TPSA) is 83.4 Å². The van der Waals surface area contributed by atoms with Crippen LogP contribution in [0.2, 0.25) is 0 Å². The Morgan fingerprint density at radius 1 is 1.07 bits per heavy atom. The fourth-order valence-electron chi connectivity index (χ4n) is 4.58. The van der Waals surface area contributed by atoms with Crippen molar-refractivity contribution in [2.45, 2.75) is 78.9 Å². The molecule has 228 valence electrons. The van der Waals surface area contributed by atoms with Crippen molar-refractivity contribution in [3.63, 3.8) is 0 Å². The number of allylic oxidation sites excluding steroid dienone is 7. The Balaban J connectivity index is 2.88. The van der Waals surface area contributed by atoms with Gasteiger partial charge in [0.15, 0.2) is 5.76 Å². The molecule has 2 unspecified atom stereocenters. The Morgan fingerprint density at radius 3 is 2.37 bits per heavy atom. The molecule has 0 aliphatic heterocycles. The minimum atomic E-state index is -4.53. The van der Waals surface area contributed by atoms with E-state index in [1.165, 1.54) is 6.26 Å². The normalized spacial score (nSPS) is 15.0. The quantitative estimate of drug-likeness (QED) is 0.128. The maximum atomic E-state index is 13.5. The van der Waals surface area contributed by atoms with Crippen molar-refractivity contribution < 1.29 is 27.2 Å². The first-order valence-electron chi connectivity index (χ1n) is 14.2. The molecule has 1 rings (SSSR count). The molecule has 0 spiro atoms. The molecule has 1 heterocycles. The van der Waals surface area contributed by atoms with Crippen LogP contribution in [0.1, 0.15) is 75.9 Å². The van der Waals surface area contributed by atoms with Crippen LogP contribution in [0.25, 0.3) is 0 Å². The predicted octanol–water partition coefficient (Wildman–Crippen LogP) is 7.12. The lowest BCUT2D eigenvalue weighted by molar-refractivity contribution is -0.142. The van der Waals surface area contributed by atoms with Crippen LogP contribution in [-0.4, -0.2) is 43.7 Å². The molecular formula is C32H46F3N3O3. The standard InChI is InChI=1S/C32H46F3N3O3/c1-7-11-12-16-25(6)31(26(9-3)15-8-2,30(40)37-23-32(33,34)35)19-13-14-20-36-21-17-27(10-4)38-29(39)28-24(5)18-22-41-28/h7-9,11-12,15-16,18,22,27,36H,6,10,13-14,17,19-21,23H2,1-5H3,(H,37,40)(H,38,39)/b11-7-,15-8-,16-12-,26-9+. The third-order valence-electron chi connectivity index (χ3n) is 6.86. The third-order valence-corrected chi connectivity index (χ3v) is 6.86. The van der Waals surface area contributed by atoms with Crippen LogP contribution in [0.5, 0.6) is 0 Å². The average Bonchev–Trinajstić information content (AvgIpc) is 3.37. The van der Waals surface area contributed by atoms with Crippen LogP contribution in [0.15, 0.2) is 77.0 Å². The maximum Gasteiger partial charge on any atom is 0.405 e. The molecule has 0 aromatic carbocycles. The van der Waals surface area contributed by atoms with Crippen molar-refractivity contribution in [3.8, 4) is 0 Å². The van der Waals surface area contributed by atoms with E-state index in [4.69, 9.17) is 4.42 Å². The first-order valence-corrected chi connectivity index (χ1v) is 14.2. The van der Waals surface area contributed by atoms with Crippen LogP contribution in [0, 0.1) is 12.3 Å². The molecule has 1 aromatic rings. The summed E-state index contributed by atoms with van der Waals surface area (Å²) in [5.41, 5.74) is 0.444. The Labute approximate surface area is 242 Å². The zero-order valence-corrected chi connectivity index (χ0v) is 25.0. The molecule has 41 heavy (non-hydrogen) atoms. The average molecular weight is 578 g/mol. The molecule has 3 N–H and O–H groups in total. The lowest BCUT2D eigenvalue weighted by Gasteiger charge is -2.35. The Kier molecular flexibility index (Phi) is 15.8. The first kappa shape index (κ1) is 35.7. The van der Waals surface area contributed by atoms with Crippen LogP contribution < -0.4 is 16.0 Å². The van der Waals surface area contributed by atoms with Gasteiger partial charge in [-0.3, -0.25) is 9.59 Å². The van der Waals surface area contributed by atoms with Crippen LogP contribution in [0.3, 0.4) is 0 Å². The van der Waals surface area contributed by atoms with Crippen molar-refractivity contribution in [1.29, 1.82) is 0 Å². The van der Waals surface area contributed by atoms with Gasteiger partial charge in [-0.15, -0.1) is 0 Å². The molecular weight excluding hydrogens is 531 g/mol. The number of rotatable bonds is 18. The number of unbranched alkanes of at least 4 members (excludes halogenated alkanes) is 1. The van der Waals surface area contributed by atoms with E-state index >= 15 is 0 Å². The van der Waals surface area contributed by atoms with E-state index in [1.54, 1.807) is 56.4 Å². The summed E-state index contributed by atoms with van der Waals surface area (Å²) < 4.78 is 44.3. The molecule has 0 saturated heterocycles. The Bertz CT molecular complexity index is 1100. The van der Waals surface area contributed by atoms with E-state index < -0.39 is 24.0 Å². The van der Waals surface area contributed by atoms with Crippen LogP contribution in [-0.2, 0) is 4.79 Å². The SMILES string of the molecule is C=C(/C=C\C=C/C)C(CCCCNCCC(CC)NC(=O)c1occc1C)(C(=O)NCC(F)(F)F)C(/C=C\C)=C/C. The lowest BCUT2D eigenvalue weighted by Crippen LogP contribution is -2.46. The molecule has 0 bridgehead atoms. The van der Waals surface area contributed by atoms with E-state index in [-0.39, 0.29) is 18.4 Å². The van der Waals surface area contributed by atoms with Crippen molar-refractivity contribution in [2.75, 3.05) is 19.6 Å². The second-order valence-corrected chi connectivity index (χ2v) is 9.86. The summed E-state index contributed by atoms with van der Waals surface area (Å²) in [6, 6.07) is 1.73. The second-order valence-electron chi connectivity index (χ2n) is 9.86. The summed E-state index contributed by atoms with van der Waals surface area (Å²) in [6.07, 6.45) is 12.3. The summed E-state index contributed by atoms with van der Waals surface area (Å²) >= 11 is 0. The smallest absolute Gasteiger partial charge is 0.405 e. The minimum Gasteiger partial charge on any atom is -0.459 e. The summed E-state index contributed by atoms with van der Waals surface area (Å²) in [4.78, 5) is 25.9. The van der Waals surface area contributed by atoms with Gasteiger partial charge in [-0.1, -0.05) is 62.5 Å². The molecule has 9 heteroatoms. The molecule has 6 nitrogen and oxygen atoms in total. The number of halogens is 3.